The van der Waals surface area contributed by atoms with Crippen LogP contribution >= 0.6 is 0 Å². The van der Waals surface area contributed by atoms with Crippen LogP contribution < -0.4 is 5.32 Å². The summed E-state index contributed by atoms with van der Waals surface area (Å²) in [5.74, 6) is -0.258. The van der Waals surface area contributed by atoms with E-state index in [-0.39, 0.29) is 22.6 Å². The largest absolute Gasteiger partial charge is 0.343 e. The van der Waals surface area contributed by atoms with Gasteiger partial charge in [-0.2, -0.15) is 0 Å². The minimum absolute atomic E-state index is 0.0275. The van der Waals surface area contributed by atoms with Gasteiger partial charge in [0.2, 0.25) is 11.8 Å². The van der Waals surface area contributed by atoms with E-state index in [0.717, 1.165) is 6.26 Å². The number of piperidine rings is 1. The molecule has 1 heterocycles. The van der Waals surface area contributed by atoms with Crippen LogP contribution in [0.4, 0.5) is 5.69 Å². The van der Waals surface area contributed by atoms with E-state index in [0.29, 0.717) is 31.6 Å². The second-order valence-corrected chi connectivity index (χ2v) is 7.59. The Hall–Kier alpha value is -1.89. The SMILES string of the molecule is CC(=O)N1CCC(C(=O)Nc2cccc(S(C)(=O)=O)c2)CC1. The molecule has 1 aliphatic rings. The zero-order valence-corrected chi connectivity index (χ0v) is 13.5. The number of hydrogen-bond donors (Lipinski definition) is 1. The summed E-state index contributed by atoms with van der Waals surface area (Å²) in [5.41, 5.74) is 0.474. The molecular weight excluding hydrogens is 304 g/mol. The average Bonchev–Trinajstić information content (AvgIpc) is 2.46. The zero-order valence-electron chi connectivity index (χ0n) is 12.7. The highest BCUT2D eigenvalue weighted by molar-refractivity contribution is 7.90. The summed E-state index contributed by atoms with van der Waals surface area (Å²) in [5, 5.41) is 2.76. The van der Waals surface area contributed by atoms with Crippen LogP contribution in [0, 0.1) is 5.92 Å². The van der Waals surface area contributed by atoms with Crippen molar-refractivity contribution in [2.24, 2.45) is 5.92 Å². The number of amides is 2. The summed E-state index contributed by atoms with van der Waals surface area (Å²) >= 11 is 0. The zero-order chi connectivity index (χ0) is 16.3. The second-order valence-electron chi connectivity index (χ2n) is 5.57. The van der Waals surface area contributed by atoms with E-state index in [9.17, 15) is 18.0 Å². The minimum atomic E-state index is -3.30. The van der Waals surface area contributed by atoms with Gasteiger partial charge in [0.1, 0.15) is 0 Å². The van der Waals surface area contributed by atoms with Crippen molar-refractivity contribution in [1.29, 1.82) is 0 Å². The summed E-state index contributed by atoms with van der Waals surface area (Å²) in [7, 11) is -3.30. The summed E-state index contributed by atoms with van der Waals surface area (Å²) in [6.45, 7) is 2.69. The minimum Gasteiger partial charge on any atom is -0.343 e. The normalized spacial score (nSPS) is 16.4. The number of rotatable bonds is 3. The first-order valence-corrected chi connectivity index (χ1v) is 9.03. The van der Waals surface area contributed by atoms with Crippen molar-refractivity contribution in [1.82, 2.24) is 4.90 Å². The molecule has 1 saturated heterocycles. The molecular formula is C15H20N2O4S. The van der Waals surface area contributed by atoms with Crippen LogP contribution in [-0.4, -0.2) is 44.5 Å². The Labute approximate surface area is 130 Å². The van der Waals surface area contributed by atoms with Crippen molar-refractivity contribution >= 4 is 27.3 Å². The topological polar surface area (TPSA) is 83.6 Å². The molecule has 0 bridgehead atoms. The van der Waals surface area contributed by atoms with E-state index >= 15 is 0 Å². The molecule has 2 rings (SSSR count). The third-order valence-corrected chi connectivity index (χ3v) is 4.95. The van der Waals surface area contributed by atoms with Crippen LogP contribution in [0.25, 0.3) is 0 Å². The summed E-state index contributed by atoms with van der Waals surface area (Å²) in [4.78, 5) is 25.4. The van der Waals surface area contributed by atoms with E-state index in [2.05, 4.69) is 5.32 Å². The smallest absolute Gasteiger partial charge is 0.227 e. The molecule has 6 nitrogen and oxygen atoms in total. The molecule has 1 aromatic rings. The van der Waals surface area contributed by atoms with Crippen LogP contribution in [0.15, 0.2) is 29.2 Å². The number of carbonyl (C=O) groups is 2. The second kappa shape index (κ2) is 6.48. The van der Waals surface area contributed by atoms with Gasteiger partial charge in [0.05, 0.1) is 4.90 Å². The summed E-state index contributed by atoms with van der Waals surface area (Å²) in [6.07, 6.45) is 2.37. The first-order valence-electron chi connectivity index (χ1n) is 7.14. The first-order chi connectivity index (χ1) is 10.3. The molecule has 1 aliphatic heterocycles. The molecule has 1 fully saturated rings. The van der Waals surface area contributed by atoms with Crippen molar-refractivity contribution in [3.05, 3.63) is 24.3 Å². The molecule has 2 amide bonds. The Balaban J connectivity index is 2.00. The van der Waals surface area contributed by atoms with E-state index < -0.39 is 9.84 Å². The van der Waals surface area contributed by atoms with Crippen LogP contribution in [0.3, 0.4) is 0 Å². The Morgan fingerprint density at radius 2 is 1.86 bits per heavy atom. The van der Waals surface area contributed by atoms with E-state index in [4.69, 9.17) is 0 Å². The monoisotopic (exact) mass is 324 g/mol. The lowest BCUT2D eigenvalue weighted by Crippen LogP contribution is -2.40. The van der Waals surface area contributed by atoms with E-state index in [1.807, 2.05) is 0 Å². The summed E-state index contributed by atoms with van der Waals surface area (Å²) < 4.78 is 23.0. The van der Waals surface area contributed by atoms with Gasteiger partial charge in [0.25, 0.3) is 0 Å². The number of hydrogen-bond acceptors (Lipinski definition) is 4. The maximum Gasteiger partial charge on any atom is 0.227 e. The lowest BCUT2D eigenvalue weighted by atomic mass is 9.96. The van der Waals surface area contributed by atoms with Gasteiger partial charge >= 0.3 is 0 Å². The molecule has 1 aromatic carbocycles. The van der Waals surface area contributed by atoms with Gasteiger partial charge in [-0.05, 0) is 31.0 Å². The Kier molecular flexibility index (Phi) is 4.85. The van der Waals surface area contributed by atoms with Crippen LogP contribution in [0.1, 0.15) is 19.8 Å². The Morgan fingerprint density at radius 3 is 2.41 bits per heavy atom. The fraction of sp³-hybridized carbons (Fsp3) is 0.467. The number of nitrogens with zero attached hydrogens (tertiary/aromatic N) is 1. The van der Waals surface area contributed by atoms with Gasteiger partial charge in [0, 0.05) is 37.9 Å². The average molecular weight is 324 g/mol. The Bertz CT molecular complexity index is 677. The van der Waals surface area contributed by atoms with Crippen molar-refractivity contribution in [3.63, 3.8) is 0 Å². The lowest BCUT2D eigenvalue weighted by molar-refractivity contribution is -0.132. The van der Waals surface area contributed by atoms with Crippen LogP contribution in [-0.2, 0) is 19.4 Å². The highest BCUT2D eigenvalue weighted by atomic mass is 32.2. The molecule has 0 unspecified atom stereocenters. The highest BCUT2D eigenvalue weighted by Gasteiger charge is 2.26. The van der Waals surface area contributed by atoms with E-state index in [1.165, 1.54) is 19.1 Å². The van der Waals surface area contributed by atoms with Crippen molar-refractivity contribution in [3.8, 4) is 0 Å². The molecule has 1 N–H and O–H groups in total. The van der Waals surface area contributed by atoms with Crippen molar-refractivity contribution < 1.29 is 18.0 Å². The molecule has 0 aromatic heterocycles. The molecule has 120 valence electrons. The third kappa shape index (κ3) is 4.07. The molecule has 0 aliphatic carbocycles. The van der Waals surface area contributed by atoms with Gasteiger partial charge < -0.3 is 10.2 Å². The molecule has 0 radical (unpaired) electrons. The van der Waals surface area contributed by atoms with E-state index in [1.54, 1.807) is 17.0 Å². The van der Waals surface area contributed by atoms with Gasteiger partial charge in [-0.3, -0.25) is 9.59 Å². The van der Waals surface area contributed by atoms with Gasteiger partial charge in [-0.1, -0.05) is 6.07 Å². The molecule has 0 spiro atoms. The maximum absolute atomic E-state index is 12.2. The molecule has 0 saturated carbocycles. The van der Waals surface area contributed by atoms with Gasteiger partial charge in [-0.25, -0.2) is 8.42 Å². The quantitative estimate of drug-likeness (QED) is 0.908. The predicted molar refractivity (Wildman–Crippen MR) is 83.2 cm³/mol. The van der Waals surface area contributed by atoms with Crippen molar-refractivity contribution in [2.75, 3.05) is 24.7 Å². The number of sulfone groups is 1. The standard InChI is InChI=1S/C15H20N2O4S/c1-11(18)17-8-6-12(7-9-17)15(19)16-13-4-3-5-14(10-13)22(2,20)21/h3-5,10,12H,6-9H2,1-2H3,(H,16,19). The molecule has 0 atom stereocenters. The number of anilines is 1. The number of carbonyl (C=O) groups excluding carboxylic acids is 2. The summed E-state index contributed by atoms with van der Waals surface area (Å²) in [6, 6.07) is 6.22. The molecule has 7 heteroatoms. The number of likely N-dealkylation sites (tertiary alicyclic amines) is 1. The van der Waals surface area contributed by atoms with Crippen molar-refractivity contribution in [2.45, 2.75) is 24.7 Å². The maximum atomic E-state index is 12.2. The van der Waals surface area contributed by atoms with Gasteiger partial charge in [0.15, 0.2) is 9.84 Å². The molecule has 22 heavy (non-hydrogen) atoms. The fourth-order valence-corrected chi connectivity index (χ4v) is 3.17. The van der Waals surface area contributed by atoms with Crippen LogP contribution in [0.5, 0.6) is 0 Å². The predicted octanol–water partition coefficient (Wildman–Crippen LogP) is 1.29. The lowest BCUT2D eigenvalue weighted by Gasteiger charge is -2.30. The number of nitrogens with one attached hydrogen (secondary N) is 1. The Morgan fingerprint density at radius 1 is 1.23 bits per heavy atom. The van der Waals surface area contributed by atoms with Crippen LogP contribution in [0.2, 0.25) is 0 Å². The fourth-order valence-electron chi connectivity index (χ4n) is 2.51. The third-order valence-electron chi connectivity index (χ3n) is 3.84. The first kappa shape index (κ1) is 16.5. The highest BCUT2D eigenvalue weighted by Crippen LogP contribution is 2.21. The van der Waals surface area contributed by atoms with Gasteiger partial charge in [-0.15, -0.1) is 0 Å². The number of benzene rings is 1.